The highest BCUT2D eigenvalue weighted by molar-refractivity contribution is 7.90. The van der Waals surface area contributed by atoms with E-state index in [4.69, 9.17) is 5.73 Å². The number of nitrogens with one attached hydrogen (secondary N) is 1. The minimum atomic E-state index is -4.59. The van der Waals surface area contributed by atoms with E-state index in [1.54, 1.807) is 0 Å². The summed E-state index contributed by atoms with van der Waals surface area (Å²) in [5.74, 6) is -1.16. The molecule has 0 saturated carbocycles. The number of nitrogen functional groups attached to an aromatic ring is 1. The molecule has 0 fully saturated rings. The van der Waals surface area contributed by atoms with E-state index in [0.717, 1.165) is 18.4 Å². The Bertz CT molecular complexity index is 612. The van der Waals surface area contributed by atoms with Crippen LogP contribution >= 0.6 is 0 Å². The van der Waals surface area contributed by atoms with Crippen LogP contribution in [0.1, 0.15) is 15.9 Å². The molecule has 9 heteroatoms. The van der Waals surface area contributed by atoms with Crippen LogP contribution in [-0.4, -0.2) is 32.9 Å². The van der Waals surface area contributed by atoms with Crippen LogP contribution < -0.4 is 11.1 Å². The number of benzene rings is 1. The van der Waals surface area contributed by atoms with Crippen LogP contribution in [0.5, 0.6) is 0 Å². The molecule has 0 heterocycles. The zero-order chi connectivity index (χ0) is 15.6. The number of rotatable bonds is 4. The number of hydrogen-bond acceptors (Lipinski definition) is 4. The topological polar surface area (TPSA) is 89.3 Å². The third-order valence-electron chi connectivity index (χ3n) is 2.38. The van der Waals surface area contributed by atoms with Crippen LogP contribution in [0.3, 0.4) is 0 Å². The first-order valence-electron chi connectivity index (χ1n) is 5.43. The van der Waals surface area contributed by atoms with E-state index in [2.05, 4.69) is 5.32 Å². The smallest absolute Gasteiger partial charge is 0.398 e. The predicted octanol–water partition coefficient (Wildman–Crippen LogP) is 1.06. The van der Waals surface area contributed by atoms with Gasteiger partial charge in [-0.3, -0.25) is 4.79 Å². The Hall–Kier alpha value is -1.77. The predicted molar refractivity (Wildman–Crippen MR) is 67.9 cm³/mol. The molecular formula is C11H13F3N2O3S. The van der Waals surface area contributed by atoms with Gasteiger partial charge in [0, 0.05) is 18.5 Å². The lowest BCUT2D eigenvalue weighted by Gasteiger charge is -2.11. The van der Waals surface area contributed by atoms with Crippen molar-refractivity contribution in [2.45, 2.75) is 6.18 Å². The summed E-state index contributed by atoms with van der Waals surface area (Å²) in [5.41, 5.74) is 3.99. The van der Waals surface area contributed by atoms with Gasteiger partial charge in [-0.25, -0.2) is 8.42 Å². The normalized spacial score (nSPS) is 12.2. The average Bonchev–Trinajstić information content (AvgIpc) is 2.25. The van der Waals surface area contributed by atoms with Crippen molar-refractivity contribution in [1.29, 1.82) is 0 Å². The summed E-state index contributed by atoms with van der Waals surface area (Å²) in [6.45, 7) is -0.201. The summed E-state index contributed by atoms with van der Waals surface area (Å²) in [4.78, 5) is 11.7. The monoisotopic (exact) mass is 310 g/mol. The molecule has 0 aromatic heterocycles. The molecule has 0 aliphatic rings. The van der Waals surface area contributed by atoms with Crippen molar-refractivity contribution in [2.75, 3.05) is 24.3 Å². The largest absolute Gasteiger partial charge is 0.416 e. The summed E-state index contributed by atoms with van der Waals surface area (Å²) in [6.07, 6.45) is -3.60. The maximum absolute atomic E-state index is 12.5. The van der Waals surface area contributed by atoms with Gasteiger partial charge in [0.1, 0.15) is 9.84 Å². The van der Waals surface area contributed by atoms with Crippen LogP contribution in [0.15, 0.2) is 18.2 Å². The first-order valence-corrected chi connectivity index (χ1v) is 7.49. The Kier molecular flexibility index (Phi) is 4.64. The Morgan fingerprint density at radius 1 is 1.35 bits per heavy atom. The molecule has 0 spiro atoms. The van der Waals surface area contributed by atoms with Crippen molar-refractivity contribution in [2.24, 2.45) is 0 Å². The molecule has 1 rings (SSSR count). The molecule has 0 bridgehead atoms. The number of carbonyl (C=O) groups is 1. The van der Waals surface area contributed by atoms with Gasteiger partial charge in [-0.2, -0.15) is 13.2 Å². The molecule has 20 heavy (non-hydrogen) atoms. The maximum atomic E-state index is 12.5. The standard InChI is InChI=1S/C11H13F3N2O3S/c1-20(18,19)5-4-16-10(17)8-6-7(11(12,13)14)2-3-9(8)15/h2-3,6H,4-5,15H2,1H3,(H,16,17). The number of alkyl halides is 3. The molecule has 0 radical (unpaired) electrons. The number of sulfone groups is 1. The zero-order valence-corrected chi connectivity index (χ0v) is 11.3. The van der Waals surface area contributed by atoms with Crippen LogP contribution in [0.2, 0.25) is 0 Å². The number of amides is 1. The van der Waals surface area contributed by atoms with Crippen molar-refractivity contribution in [3.8, 4) is 0 Å². The lowest BCUT2D eigenvalue weighted by molar-refractivity contribution is -0.137. The third-order valence-corrected chi connectivity index (χ3v) is 3.33. The van der Waals surface area contributed by atoms with Gasteiger partial charge < -0.3 is 11.1 Å². The molecule has 0 atom stereocenters. The van der Waals surface area contributed by atoms with Crippen LogP contribution in [0.4, 0.5) is 18.9 Å². The molecule has 0 aliphatic carbocycles. The highest BCUT2D eigenvalue weighted by Crippen LogP contribution is 2.31. The number of hydrogen-bond donors (Lipinski definition) is 2. The van der Waals surface area contributed by atoms with Crippen LogP contribution in [-0.2, 0) is 16.0 Å². The molecule has 3 N–H and O–H groups in total. The Balaban J connectivity index is 2.87. The van der Waals surface area contributed by atoms with Gasteiger partial charge in [-0.15, -0.1) is 0 Å². The van der Waals surface area contributed by atoms with Gasteiger partial charge >= 0.3 is 6.18 Å². The first-order chi connectivity index (χ1) is 9.00. The summed E-state index contributed by atoms with van der Waals surface area (Å²) < 4.78 is 59.3. The molecule has 1 aromatic carbocycles. The van der Waals surface area contributed by atoms with Crippen molar-refractivity contribution >= 4 is 21.4 Å². The summed E-state index contributed by atoms with van der Waals surface area (Å²) >= 11 is 0. The number of halogens is 3. The fraction of sp³-hybridized carbons (Fsp3) is 0.364. The molecule has 0 unspecified atom stereocenters. The van der Waals surface area contributed by atoms with Gasteiger partial charge in [-0.1, -0.05) is 0 Å². The second-order valence-electron chi connectivity index (χ2n) is 4.19. The fourth-order valence-corrected chi connectivity index (χ4v) is 1.85. The zero-order valence-electron chi connectivity index (χ0n) is 10.5. The Morgan fingerprint density at radius 2 is 1.95 bits per heavy atom. The maximum Gasteiger partial charge on any atom is 0.416 e. The van der Waals surface area contributed by atoms with Crippen LogP contribution in [0, 0.1) is 0 Å². The van der Waals surface area contributed by atoms with Crippen molar-refractivity contribution < 1.29 is 26.4 Å². The highest BCUT2D eigenvalue weighted by Gasteiger charge is 2.31. The molecular weight excluding hydrogens is 297 g/mol. The van der Waals surface area contributed by atoms with E-state index >= 15 is 0 Å². The minimum absolute atomic E-state index is 0.116. The molecule has 1 aromatic rings. The van der Waals surface area contributed by atoms with Gasteiger partial charge in [0.15, 0.2) is 0 Å². The molecule has 1 amide bonds. The van der Waals surface area contributed by atoms with Crippen molar-refractivity contribution in [3.63, 3.8) is 0 Å². The van der Waals surface area contributed by atoms with E-state index < -0.39 is 27.5 Å². The lowest BCUT2D eigenvalue weighted by atomic mass is 10.1. The minimum Gasteiger partial charge on any atom is -0.398 e. The molecule has 0 saturated heterocycles. The SMILES string of the molecule is CS(=O)(=O)CCNC(=O)c1cc(C(F)(F)F)ccc1N. The fourth-order valence-electron chi connectivity index (χ4n) is 1.37. The highest BCUT2D eigenvalue weighted by atomic mass is 32.2. The summed E-state index contributed by atoms with van der Waals surface area (Å²) in [7, 11) is -3.27. The number of carbonyl (C=O) groups excluding carboxylic acids is 1. The molecule has 5 nitrogen and oxygen atoms in total. The van der Waals surface area contributed by atoms with Gasteiger partial charge in [-0.05, 0) is 18.2 Å². The second kappa shape index (κ2) is 5.70. The Morgan fingerprint density at radius 3 is 2.45 bits per heavy atom. The Labute approximate surface area is 113 Å². The third kappa shape index (κ3) is 4.72. The second-order valence-corrected chi connectivity index (χ2v) is 6.45. The summed E-state index contributed by atoms with van der Waals surface area (Å²) in [5, 5.41) is 2.21. The lowest BCUT2D eigenvalue weighted by Crippen LogP contribution is -2.29. The van der Waals surface area contributed by atoms with E-state index in [9.17, 15) is 26.4 Å². The molecule has 0 aliphatic heterocycles. The van der Waals surface area contributed by atoms with Gasteiger partial charge in [0.25, 0.3) is 5.91 Å². The van der Waals surface area contributed by atoms with Crippen LogP contribution in [0.25, 0.3) is 0 Å². The molecule has 112 valence electrons. The average molecular weight is 310 g/mol. The van der Waals surface area contributed by atoms with E-state index in [1.807, 2.05) is 0 Å². The number of nitrogens with two attached hydrogens (primary N) is 1. The van der Waals surface area contributed by atoms with E-state index in [-0.39, 0.29) is 23.5 Å². The first kappa shape index (κ1) is 16.3. The van der Waals surface area contributed by atoms with Gasteiger partial charge in [0.05, 0.1) is 16.9 Å². The van der Waals surface area contributed by atoms with Crippen molar-refractivity contribution in [1.82, 2.24) is 5.32 Å². The van der Waals surface area contributed by atoms with Gasteiger partial charge in [0.2, 0.25) is 0 Å². The van der Waals surface area contributed by atoms with Crippen molar-refractivity contribution in [3.05, 3.63) is 29.3 Å². The summed E-state index contributed by atoms with van der Waals surface area (Å²) in [6, 6.07) is 2.38. The number of anilines is 1. The van der Waals surface area contributed by atoms with E-state index in [1.165, 1.54) is 0 Å². The quantitative estimate of drug-likeness (QED) is 0.814. The van der Waals surface area contributed by atoms with E-state index in [0.29, 0.717) is 6.07 Å².